The van der Waals surface area contributed by atoms with Gasteiger partial charge in [-0.2, -0.15) is 0 Å². The van der Waals surface area contributed by atoms with Crippen molar-refractivity contribution < 1.29 is 24.0 Å². The Bertz CT molecular complexity index is 1490. The molecule has 0 aromatic carbocycles. The Morgan fingerprint density at radius 2 is 1.54 bits per heavy atom. The molecule has 4 amide bonds. The Hall–Kier alpha value is -5.40. The van der Waals surface area contributed by atoms with E-state index in [1.54, 1.807) is 20.3 Å². The van der Waals surface area contributed by atoms with E-state index in [2.05, 4.69) is 27.8 Å². The van der Waals surface area contributed by atoms with Gasteiger partial charge in [-0.1, -0.05) is 6.58 Å². The number of nitrogens with two attached hydrogens (primary N) is 1. The Labute approximate surface area is 223 Å². The van der Waals surface area contributed by atoms with Gasteiger partial charge in [-0.05, 0) is 18.2 Å². The van der Waals surface area contributed by atoms with Gasteiger partial charge in [0.1, 0.15) is 17.1 Å². The molecular weight excluding hydrogens is 506 g/mol. The molecule has 0 aliphatic carbocycles. The molecule has 3 rings (SSSR count). The van der Waals surface area contributed by atoms with Crippen LogP contribution in [0.2, 0.25) is 0 Å². The Balaban J connectivity index is 1.86. The molecule has 0 aliphatic rings. The van der Waals surface area contributed by atoms with Crippen LogP contribution in [0, 0.1) is 5.41 Å². The van der Waals surface area contributed by atoms with Gasteiger partial charge in [0, 0.05) is 52.7 Å². The number of nitrogens with zero attached hydrogens (tertiary/aromatic N) is 3. The van der Waals surface area contributed by atoms with Gasteiger partial charge in [0.15, 0.2) is 5.78 Å². The first-order valence-electron chi connectivity index (χ1n) is 11.6. The number of hydrogen-bond donors (Lipinski definition) is 6. The van der Waals surface area contributed by atoms with Crippen molar-refractivity contribution in [2.75, 3.05) is 22.5 Å². The lowest BCUT2D eigenvalue weighted by Gasteiger charge is -2.08. The molecule has 204 valence electrons. The number of amidine groups is 1. The second-order valence-corrected chi connectivity index (χ2v) is 8.60. The Morgan fingerprint density at radius 1 is 0.923 bits per heavy atom. The molecule has 0 unspecified atom stereocenters. The van der Waals surface area contributed by atoms with Crippen LogP contribution in [0.3, 0.4) is 0 Å². The van der Waals surface area contributed by atoms with Crippen molar-refractivity contribution >= 4 is 52.8 Å². The van der Waals surface area contributed by atoms with E-state index in [-0.39, 0.29) is 47.1 Å². The number of amides is 4. The van der Waals surface area contributed by atoms with E-state index in [0.717, 1.165) is 6.08 Å². The quantitative estimate of drug-likeness (QED) is 0.0662. The third kappa shape index (κ3) is 6.30. The molecule has 0 saturated carbocycles. The summed E-state index contributed by atoms with van der Waals surface area (Å²) in [5.41, 5.74) is 6.43. The van der Waals surface area contributed by atoms with Crippen LogP contribution >= 0.6 is 0 Å². The van der Waals surface area contributed by atoms with Gasteiger partial charge in [0.2, 0.25) is 6.41 Å². The first-order chi connectivity index (χ1) is 18.5. The molecule has 39 heavy (non-hydrogen) atoms. The maximum absolute atomic E-state index is 13.3. The van der Waals surface area contributed by atoms with Gasteiger partial charge in [0.05, 0.1) is 28.5 Å². The molecule has 0 saturated heterocycles. The number of carbonyl (C=O) groups excluding carboxylic acids is 5. The minimum atomic E-state index is -0.659. The van der Waals surface area contributed by atoms with E-state index in [9.17, 15) is 24.0 Å². The minimum absolute atomic E-state index is 0.0401. The normalized spacial score (nSPS) is 10.4. The molecule has 0 aliphatic heterocycles. The topological polar surface area (TPSA) is 198 Å². The number of allylic oxidation sites excluding steroid dienone is 1. The van der Waals surface area contributed by atoms with Crippen molar-refractivity contribution in [3.8, 4) is 0 Å². The minimum Gasteiger partial charge on any atom is -0.388 e. The summed E-state index contributed by atoms with van der Waals surface area (Å²) < 4.78 is 4.40. The third-order valence-electron chi connectivity index (χ3n) is 5.72. The fourth-order valence-corrected chi connectivity index (χ4v) is 3.92. The van der Waals surface area contributed by atoms with E-state index >= 15 is 0 Å². The second-order valence-electron chi connectivity index (χ2n) is 8.60. The molecule has 3 aromatic rings. The number of hydrogen-bond acceptors (Lipinski definition) is 6. The van der Waals surface area contributed by atoms with E-state index in [1.165, 1.54) is 45.3 Å². The van der Waals surface area contributed by atoms with Crippen molar-refractivity contribution in [2.24, 2.45) is 26.9 Å². The van der Waals surface area contributed by atoms with E-state index in [0.29, 0.717) is 17.8 Å². The Morgan fingerprint density at radius 3 is 2.15 bits per heavy atom. The lowest BCUT2D eigenvalue weighted by molar-refractivity contribution is -0.105. The molecular formula is C25H29N9O5. The van der Waals surface area contributed by atoms with Gasteiger partial charge in [-0.25, -0.2) is 0 Å². The van der Waals surface area contributed by atoms with E-state index in [1.807, 2.05) is 0 Å². The maximum atomic E-state index is 13.3. The van der Waals surface area contributed by atoms with Crippen LogP contribution in [0.4, 0.5) is 17.1 Å². The summed E-state index contributed by atoms with van der Waals surface area (Å²) in [4.78, 5) is 62.2. The van der Waals surface area contributed by atoms with Crippen LogP contribution < -0.4 is 27.0 Å². The van der Waals surface area contributed by atoms with Crippen LogP contribution in [0.1, 0.15) is 48.2 Å². The molecule has 0 fully saturated rings. The van der Waals surface area contributed by atoms with Gasteiger partial charge >= 0.3 is 0 Å². The zero-order valence-corrected chi connectivity index (χ0v) is 21.6. The SMILES string of the molecule is C=CC(=O)c1c(NC(=O)c2cc(NC=O)cn2C)cn(C)c1C(=O)Nc1cc(C(=O)NCCC(=N)N)n(C)c1. The smallest absolute Gasteiger partial charge is 0.273 e. The number of carbonyl (C=O) groups is 5. The highest BCUT2D eigenvalue weighted by molar-refractivity contribution is 6.20. The summed E-state index contributed by atoms with van der Waals surface area (Å²) in [5.74, 6) is -2.30. The summed E-state index contributed by atoms with van der Waals surface area (Å²) >= 11 is 0. The average molecular weight is 536 g/mol. The molecule has 0 bridgehead atoms. The lowest BCUT2D eigenvalue weighted by atomic mass is 10.1. The predicted molar refractivity (Wildman–Crippen MR) is 145 cm³/mol. The van der Waals surface area contributed by atoms with Crippen molar-refractivity contribution in [1.82, 2.24) is 19.0 Å². The summed E-state index contributed by atoms with van der Waals surface area (Å²) in [6.45, 7) is 3.68. The standard InChI is InChI=1S/C25H29N9O5/c1-5-19(36)21-16(31-24(38)18-8-14(29-13-35)10-32(18)2)12-34(4)22(21)25(39)30-15-9-17(33(3)11-15)23(37)28-7-6-20(26)27/h5,8-13H,1,6-7H2,2-4H3,(H3,26,27)(H,28,37)(H,29,35)(H,30,39)(H,31,38). The highest BCUT2D eigenvalue weighted by Crippen LogP contribution is 2.26. The monoisotopic (exact) mass is 535 g/mol. The first-order valence-corrected chi connectivity index (χ1v) is 11.6. The van der Waals surface area contributed by atoms with E-state index < -0.39 is 23.5 Å². The van der Waals surface area contributed by atoms with Crippen molar-refractivity contribution in [3.05, 3.63) is 66.0 Å². The number of rotatable bonds is 12. The fourth-order valence-electron chi connectivity index (χ4n) is 3.92. The number of ketones is 1. The number of anilines is 3. The van der Waals surface area contributed by atoms with Gasteiger partial charge < -0.3 is 40.7 Å². The van der Waals surface area contributed by atoms with Crippen LogP contribution in [-0.4, -0.2) is 56.0 Å². The first kappa shape index (κ1) is 28.2. The van der Waals surface area contributed by atoms with Crippen LogP contribution in [-0.2, 0) is 25.9 Å². The summed E-state index contributed by atoms with van der Waals surface area (Å²) in [6, 6.07) is 2.92. The molecule has 3 heterocycles. The van der Waals surface area contributed by atoms with Gasteiger partial charge in [0.25, 0.3) is 17.7 Å². The summed E-state index contributed by atoms with van der Waals surface area (Å²) in [5, 5.41) is 17.7. The number of aromatic nitrogens is 3. The highest BCUT2D eigenvalue weighted by atomic mass is 16.2. The van der Waals surface area contributed by atoms with Crippen LogP contribution in [0.5, 0.6) is 0 Å². The fraction of sp³-hybridized carbons (Fsp3) is 0.200. The molecule has 14 heteroatoms. The number of aryl methyl sites for hydroxylation is 3. The lowest BCUT2D eigenvalue weighted by Crippen LogP contribution is -2.28. The summed E-state index contributed by atoms with van der Waals surface area (Å²) in [7, 11) is 4.78. The Kier molecular flexibility index (Phi) is 8.50. The summed E-state index contributed by atoms with van der Waals surface area (Å²) in [6.07, 6.45) is 6.21. The molecule has 7 N–H and O–H groups in total. The van der Waals surface area contributed by atoms with Gasteiger partial charge in [-0.3, -0.25) is 29.4 Å². The maximum Gasteiger partial charge on any atom is 0.273 e. The zero-order chi connectivity index (χ0) is 28.9. The molecule has 0 radical (unpaired) electrons. The van der Waals surface area contributed by atoms with Gasteiger partial charge in [-0.15, -0.1) is 0 Å². The largest absolute Gasteiger partial charge is 0.388 e. The molecule has 3 aromatic heterocycles. The van der Waals surface area contributed by atoms with Crippen LogP contribution in [0.25, 0.3) is 0 Å². The predicted octanol–water partition coefficient (Wildman–Crippen LogP) is 1.20. The molecule has 14 nitrogen and oxygen atoms in total. The third-order valence-corrected chi connectivity index (χ3v) is 5.72. The number of nitrogens with one attached hydrogen (secondary N) is 5. The average Bonchev–Trinajstić information content (AvgIpc) is 3.52. The van der Waals surface area contributed by atoms with Crippen molar-refractivity contribution in [2.45, 2.75) is 6.42 Å². The second kappa shape index (κ2) is 11.8. The molecule has 0 atom stereocenters. The van der Waals surface area contributed by atoms with Crippen LogP contribution in [0.15, 0.2) is 43.4 Å². The van der Waals surface area contributed by atoms with Crippen molar-refractivity contribution in [1.29, 1.82) is 5.41 Å². The highest BCUT2D eigenvalue weighted by Gasteiger charge is 2.27. The van der Waals surface area contributed by atoms with Crippen molar-refractivity contribution in [3.63, 3.8) is 0 Å². The molecule has 0 spiro atoms. The van der Waals surface area contributed by atoms with E-state index in [4.69, 9.17) is 11.1 Å². The zero-order valence-electron chi connectivity index (χ0n) is 21.6.